The monoisotopic (exact) mass is 350 g/mol. The molecule has 0 unspecified atom stereocenters. The molecule has 0 aliphatic heterocycles. The van der Waals surface area contributed by atoms with Crippen molar-refractivity contribution in [1.82, 2.24) is 4.72 Å². The van der Waals surface area contributed by atoms with Gasteiger partial charge in [0.15, 0.2) is 0 Å². The number of anilines is 1. The lowest BCUT2D eigenvalue weighted by atomic mass is 10.0. The van der Waals surface area contributed by atoms with Gasteiger partial charge in [-0.2, -0.15) is 0 Å². The summed E-state index contributed by atoms with van der Waals surface area (Å²) in [6.45, 7) is 1.94. The molecule has 0 fully saturated rings. The zero-order chi connectivity index (χ0) is 17.7. The zero-order valence-electron chi connectivity index (χ0n) is 13.4. The van der Waals surface area contributed by atoms with Crippen LogP contribution in [0, 0.1) is 12.7 Å². The lowest BCUT2D eigenvalue weighted by Gasteiger charge is -2.18. The van der Waals surface area contributed by atoms with Gasteiger partial charge in [0, 0.05) is 12.1 Å². The number of carbonyl (C=O) groups excluding carboxylic acids is 1. The molecule has 0 radical (unpaired) electrons. The summed E-state index contributed by atoms with van der Waals surface area (Å²) < 4.78 is 38.5. The number of amides is 1. The van der Waals surface area contributed by atoms with Crippen molar-refractivity contribution in [2.75, 3.05) is 11.6 Å². The van der Waals surface area contributed by atoms with Crippen molar-refractivity contribution in [2.24, 2.45) is 0 Å². The molecular formula is C17H19FN2O3S. The lowest BCUT2D eigenvalue weighted by molar-refractivity contribution is -0.116. The summed E-state index contributed by atoms with van der Waals surface area (Å²) in [6.07, 6.45) is 0.911. The van der Waals surface area contributed by atoms with Crippen LogP contribution in [0.5, 0.6) is 0 Å². The van der Waals surface area contributed by atoms with Gasteiger partial charge < -0.3 is 5.32 Å². The Morgan fingerprint density at radius 1 is 1.08 bits per heavy atom. The van der Waals surface area contributed by atoms with Crippen molar-refractivity contribution < 1.29 is 17.6 Å². The molecule has 0 heterocycles. The Labute approximate surface area is 141 Å². The fourth-order valence-electron chi connectivity index (χ4n) is 2.22. The van der Waals surface area contributed by atoms with E-state index in [1.54, 1.807) is 12.1 Å². The van der Waals surface area contributed by atoms with Gasteiger partial charge in [-0.1, -0.05) is 29.8 Å². The van der Waals surface area contributed by atoms with Gasteiger partial charge in [0.1, 0.15) is 5.82 Å². The van der Waals surface area contributed by atoms with Crippen LogP contribution in [0.3, 0.4) is 0 Å². The Hall–Kier alpha value is -2.25. The predicted molar refractivity (Wildman–Crippen MR) is 91.5 cm³/mol. The third-order valence-electron chi connectivity index (χ3n) is 3.35. The first-order valence-electron chi connectivity index (χ1n) is 7.32. The number of hydrogen-bond acceptors (Lipinski definition) is 3. The smallest absolute Gasteiger partial charge is 0.226 e. The van der Waals surface area contributed by atoms with Crippen molar-refractivity contribution in [3.63, 3.8) is 0 Å². The number of hydrogen-bond donors (Lipinski definition) is 2. The highest BCUT2D eigenvalue weighted by atomic mass is 32.2. The minimum absolute atomic E-state index is 0.105. The molecule has 0 spiro atoms. The quantitative estimate of drug-likeness (QED) is 0.841. The highest BCUT2D eigenvalue weighted by molar-refractivity contribution is 7.88. The molecule has 0 aliphatic rings. The average Bonchev–Trinajstić information content (AvgIpc) is 2.48. The van der Waals surface area contributed by atoms with E-state index < -0.39 is 21.9 Å². The molecule has 5 nitrogen and oxygen atoms in total. The van der Waals surface area contributed by atoms with Gasteiger partial charge in [-0.3, -0.25) is 4.79 Å². The largest absolute Gasteiger partial charge is 0.326 e. The zero-order valence-corrected chi connectivity index (χ0v) is 14.2. The summed E-state index contributed by atoms with van der Waals surface area (Å²) in [5, 5.41) is 2.72. The molecule has 2 N–H and O–H groups in total. The number of benzene rings is 2. The van der Waals surface area contributed by atoms with E-state index in [-0.39, 0.29) is 12.3 Å². The maximum atomic E-state index is 13.1. The van der Waals surface area contributed by atoms with Gasteiger partial charge in [-0.05, 0) is 36.8 Å². The summed E-state index contributed by atoms with van der Waals surface area (Å²) in [5.74, 6) is -0.773. The highest BCUT2D eigenvalue weighted by Gasteiger charge is 2.20. The van der Waals surface area contributed by atoms with Crippen molar-refractivity contribution in [2.45, 2.75) is 19.4 Å². The Balaban J connectivity index is 2.13. The SMILES string of the molecule is Cc1ccc(NC(=O)C[C@@H](NS(C)(=O)=O)c2ccc(F)cc2)cc1. The molecular weight excluding hydrogens is 331 g/mol. The first kappa shape index (κ1) is 18.1. The van der Waals surface area contributed by atoms with E-state index in [2.05, 4.69) is 10.0 Å². The molecule has 24 heavy (non-hydrogen) atoms. The summed E-state index contributed by atoms with van der Waals surface area (Å²) in [6, 6.07) is 11.9. The number of aryl methyl sites for hydroxylation is 1. The summed E-state index contributed by atoms with van der Waals surface area (Å²) in [4.78, 5) is 12.2. The first-order chi connectivity index (χ1) is 11.2. The second-order valence-corrected chi connectivity index (χ2v) is 7.39. The minimum atomic E-state index is -3.53. The molecule has 0 saturated heterocycles. The summed E-state index contributed by atoms with van der Waals surface area (Å²) >= 11 is 0. The van der Waals surface area contributed by atoms with Crippen LogP contribution in [0.25, 0.3) is 0 Å². The Morgan fingerprint density at radius 2 is 1.67 bits per heavy atom. The van der Waals surface area contributed by atoms with E-state index in [9.17, 15) is 17.6 Å². The number of carbonyl (C=O) groups is 1. The second kappa shape index (κ2) is 7.55. The first-order valence-corrected chi connectivity index (χ1v) is 9.21. The van der Waals surface area contributed by atoms with Crippen molar-refractivity contribution in [3.8, 4) is 0 Å². The van der Waals surface area contributed by atoms with Crippen LogP contribution in [-0.4, -0.2) is 20.6 Å². The van der Waals surface area contributed by atoms with E-state index in [4.69, 9.17) is 0 Å². The third-order valence-corrected chi connectivity index (χ3v) is 4.07. The molecule has 2 rings (SSSR count). The van der Waals surface area contributed by atoms with E-state index in [0.717, 1.165) is 11.8 Å². The van der Waals surface area contributed by atoms with Gasteiger partial charge >= 0.3 is 0 Å². The fraction of sp³-hybridized carbons (Fsp3) is 0.235. The number of nitrogens with one attached hydrogen (secondary N) is 2. The van der Waals surface area contributed by atoms with Crippen LogP contribution in [0.15, 0.2) is 48.5 Å². The van der Waals surface area contributed by atoms with Crippen LogP contribution >= 0.6 is 0 Å². The number of sulfonamides is 1. The molecule has 0 saturated carbocycles. The molecule has 1 atom stereocenters. The molecule has 0 aromatic heterocycles. The van der Waals surface area contributed by atoms with E-state index >= 15 is 0 Å². The Kier molecular flexibility index (Phi) is 5.69. The number of rotatable bonds is 6. The van der Waals surface area contributed by atoms with Gasteiger partial charge in [-0.25, -0.2) is 17.5 Å². The van der Waals surface area contributed by atoms with Gasteiger partial charge in [-0.15, -0.1) is 0 Å². The summed E-state index contributed by atoms with van der Waals surface area (Å²) in [5.41, 5.74) is 2.21. The fourth-order valence-corrected chi connectivity index (χ4v) is 2.95. The van der Waals surface area contributed by atoms with E-state index in [1.165, 1.54) is 24.3 Å². The lowest BCUT2D eigenvalue weighted by Crippen LogP contribution is -2.30. The standard InChI is InChI=1S/C17H19FN2O3S/c1-12-3-9-15(10-4-12)19-17(21)11-16(20-24(2,22)23)13-5-7-14(18)8-6-13/h3-10,16,20H,11H2,1-2H3,(H,19,21)/t16-/m1/s1. The molecule has 0 aliphatic carbocycles. The summed E-state index contributed by atoms with van der Waals surface area (Å²) in [7, 11) is -3.53. The second-order valence-electron chi connectivity index (χ2n) is 5.61. The Bertz CT molecular complexity index is 803. The molecule has 7 heteroatoms. The van der Waals surface area contributed by atoms with Gasteiger partial charge in [0.2, 0.25) is 15.9 Å². The topological polar surface area (TPSA) is 75.3 Å². The van der Waals surface area contributed by atoms with Crippen molar-refractivity contribution in [3.05, 3.63) is 65.5 Å². The van der Waals surface area contributed by atoms with Crippen molar-refractivity contribution >= 4 is 21.6 Å². The number of halogens is 1. The maximum absolute atomic E-state index is 13.1. The van der Waals surface area contributed by atoms with E-state index in [0.29, 0.717) is 11.3 Å². The average molecular weight is 350 g/mol. The predicted octanol–water partition coefficient (Wildman–Crippen LogP) is 2.75. The molecule has 128 valence electrons. The molecule has 1 amide bonds. The van der Waals surface area contributed by atoms with E-state index in [1.807, 2.05) is 19.1 Å². The van der Waals surface area contributed by atoms with Gasteiger partial charge in [0.25, 0.3) is 0 Å². The minimum Gasteiger partial charge on any atom is -0.326 e. The normalized spacial score (nSPS) is 12.6. The third kappa shape index (κ3) is 5.75. The van der Waals surface area contributed by atoms with Gasteiger partial charge in [0.05, 0.1) is 12.3 Å². The van der Waals surface area contributed by atoms with Crippen LogP contribution < -0.4 is 10.0 Å². The molecule has 0 bridgehead atoms. The maximum Gasteiger partial charge on any atom is 0.226 e. The van der Waals surface area contributed by atoms with Crippen LogP contribution in [0.2, 0.25) is 0 Å². The van der Waals surface area contributed by atoms with Crippen LogP contribution in [0.4, 0.5) is 10.1 Å². The molecule has 2 aromatic rings. The van der Waals surface area contributed by atoms with Crippen molar-refractivity contribution in [1.29, 1.82) is 0 Å². The van der Waals surface area contributed by atoms with Crippen LogP contribution in [0.1, 0.15) is 23.6 Å². The Morgan fingerprint density at radius 3 is 2.21 bits per heavy atom. The van der Waals surface area contributed by atoms with Crippen LogP contribution in [-0.2, 0) is 14.8 Å². The molecule has 2 aromatic carbocycles. The highest BCUT2D eigenvalue weighted by Crippen LogP contribution is 2.19.